The molecule has 4 N–H and O–H groups in total. The number of amides is 2. The van der Waals surface area contributed by atoms with E-state index in [0.29, 0.717) is 71.1 Å². The van der Waals surface area contributed by atoms with Crippen molar-refractivity contribution in [2.24, 2.45) is 0 Å². The Bertz CT molecular complexity index is 3000. The highest BCUT2D eigenvalue weighted by atomic mass is 32.2. The van der Waals surface area contributed by atoms with Crippen LogP contribution in [0.15, 0.2) is 112 Å². The molecule has 0 spiro atoms. The van der Waals surface area contributed by atoms with Crippen molar-refractivity contribution >= 4 is 54.9 Å². The number of carbonyl (C=O) groups excluding carboxylic acids is 2. The number of nitrogens with zero attached hydrogens (tertiary/aromatic N) is 2. The lowest BCUT2D eigenvalue weighted by Crippen LogP contribution is -2.33. The van der Waals surface area contributed by atoms with Crippen LogP contribution in [0.5, 0.6) is 0 Å². The van der Waals surface area contributed by atoms with Crippen LogP contribution in [0, 0.1) is 0 Å². The molecule has 2 amide bonds. The van der Waals surface area contributed by atoms with Crippen LogP contribution in [-0.4, -0.2) is 120 Å². The Morgan fingerprint density at radius 2 is 1.29 bits per heavy atom. The van der Waals surface area contributed by atoms with Crippen LogP contribution < -0.4 is 15.5 Å². The number of hydrogen-bond acceptors (Lipinski definition) is 11. The number of rotatable bonds is 27. The fourth-order valence-corrected chi connectivity index (χ4v) is 11.2. The van der Waals surface area contributed by atoms with Gasteiger partial charge in [0.15, 0.2) is 5.71 Å². The Balaban J connectivity index is 1.19. The van der Waals surface area contributed by atoms with E-state index in [-0.39, 0.29) is 15.7 Å². The molecule has 0 fully saturated rings. The van der Waals surface area contributed by atoms with Crippen molar-refractivity contribution in [1.82, 2.24) is 10.6 Å². The minimum absolute atomic E-state index is 0.139. The number of anilines is 1. The molecule has 1 aliphatic carbocycles. The van der Waals surface area contributed by atoms with Gasteiger partial charge in [-0.2, -0.15) is 21.4 Å². The summed E-state index contributed by atoms with van der Waals surface area (Å²) in [5.41, 5.74) is 8.46. The number of allylic oxidation sites excluding steroid dienone is 8. The molecule has 18 heteroatoms. The van der Waals surface area contributed by atoms with Crippen molar-refractivity contribution in [3.05, 3.63) is 124 Å². The van der Waals surface area contributed by atoms with Gasteiger partial charge in [0.25, 0.3) is 26.1 Å². The molecule has 0 aromatic heterocycles. The lowest BCUT2D eigenvalue weighted by Gasteiger charge is -2.27. The summed E-state index contributed by atoms with van der Waals surface area (Å²) in [7, 11) is -8.85. The molecule has 426 valence electrons. The highest BCUT2D eigenvalue weighted by molar-refractivity contribution is 7.86. The zero-order valence-corrected chi connectivity index (χ0v) is 48.8. The van der Waals surface area contributed by atoms with E-state index in [1.54, 1.807) is 24.3 Å². The summed E-state index contributed by atoms with van der Waals surface area (Å²) in [6.07, 6.45) is 15.7. The fourth-order valence-electron chi connectivity index (χ4n) is 10.2. The SMILES string of the molecule is CCCCN1/C(=C/C=C2\CCCC(/C=C/C3=[N+](CCCC)c4ccc(S(=O)(=O)O)cc4C3(C)C)=C2c2ccc(C(=O)NCCCOCCOCCOCCCNC(=O)OC(C)(C)C)cc2)C(C)(C)c2cc(S(=O)(=O)O)ccc21. The van der Waals surface area contributed by atoms with Gasteiger partial charge < -0.3 is 34.5 Å². The largest absolute Gasteiger partial charge is 0.444 e. The number of unbranched alkanes of at least 4 members (excludes halogenated alkanes) is 2. The molecule has 0 atom stereocenters. The first-order valence-corrected chi connectivity index (χ1v) is 30.3. The van der Waals surface area contributed by atoms with Crippen LogP contribution in [0.1, 0.15) is 147 Å². The number of ether oxygens (including phenoxy) is 4. The summed E-state index contributed by atoms with van der Waals surface area (Å²) >= 11 is 0. The Kier molecular flexibility index (Phi) is 21.5. The van der Waals surface area contributed by atoms with Crippen LogP contribution in [0.4, 0.5) is 16.2 Å². The van der Waals surface area contributed by atoms with Crippen LogP contribution in [0.3, 0.4) is 0 Å². The van der Waals surface area contributed by atoms with Gasteiger partial charge in [-0.25, -0.2) is 4.79 Å². The van der Waals surface area contributed by atoms with Gasteiger partial charge in [-0.3, -0.25) is 13.9 Å². The molecule has 3 aliphatic rings. The maximum absolute atomic E-state index is 13.5. The Morgan fingerprint density at radius 3 is 1.90 bits per heavy atom. The average molecular weight is 1120 g/mol. The second-order valence-electron chi connectivity index (χ2n) is 22.1. The highest BCUT2D eigenvalue weighted by Gasteiger charge is 2.45. The third-order valence-corrected chi connectivity index (χ3v) is 16.0. The third kappa shape index (κ3) is 16.1. The molecular formula is C60H83N4O12S2+. The maximum atomic E-state index is 13.5. The number of fused-ring (bicyclic) bond motifs is 2. The van der Waals surface area contributed by atoms with Crippen molar-refractivity contribution in [1.29, 1.82) is 0 Å². The van der Waals surface area contributed by atoms with E-state index in [4.69, 9.17) is 18.9 Å². The van der Waals surface area contributed by atoms with Gasteiger partial charge in [-0.05, 0) is 150 Å². The van der Waals surface area contributed by atoms with Gasteiger partial charge in [-0.15, -0.1) is 0 Å². The van der Waals surface area contributed by atoms with Crippen LogP contribution >= 0.6 is 0 Å². The predicted molar refractivity (Wildman–Crippen MR) is 306 cm³/mol. The van der Waals surface area contributed by atoms with Crippen molar-refractivity contribution in [2.45, 2.75) is 146 Å². The summed E-state index contributed by atoms with van der Waals surface area (Å²) in [5, 5.41) is 5.72. The second-order valence-corrected chi connectivity index (χ2v) is 24.9. The lowest BCUT2D eigenvalue weighted by molar-refractivity contribution is -0.438. The summed E-state index contributed by atoms with van der Waals surface area (Å²) < 4.78 is 93.7. The van der Waals surface area contributed by atoms with E-state index in [1.807, 2.05) is 45.0 Å². The maximum Gasteiger partial charge on any atom is 0.407 e. The van der Waals surface area contributed by atoms with Crippen LogP contribution in [0.2, 0.25) is 0 Å². The topological polar surface area (TPSA) is 210 Å². The quantitative estimate of drug-likeness (QED) is 0.0318. The molecule has 2 heterocycles. The van der Waals surface area contributed by atoms with Crippen molar-refractivity contribution in [3.8, 4) is 0 Å². The Hall–Kier alpha value is -5.47. The summed E-state index contributed by atoms with van der Waals surface area (Å²) in [4.78, 5) is 27.2. The van der Waals surface area contributed by atoms with E-state index >= 15 is 0 Å². The molecule has 3 aromatic rings. The monoisotopic (exact) mass is 1120 g/mol. The molecule has 0 radical (unpaired) electrons. The second kappa shape index (κ2) is 27.1. The number of carbonyl (C=O) groups is 2. The van der Waals surface area contributed by atoms with Crippen molar-refractivity contribution < 1.29 is 59.1 Å². The van der Waals surface area contributed by atoms with E-state index < -0.39 is 42.8 Å². The van der Waals surface area contributed by atoms with E-state index in [1.165, 1.54) is 12.1 Å². The molecule has 0 unspecified atom stereocenters. The van der Waals surface area contributed by atoms with Crippen molar-refractivity contribution in [3.63, 3.8) is 0 Å². The molecule has 16 nitrogen and oxygen atoms in total. The smallest absolute Gasteiger partial charge is 0.407 e. The van der Waals surface area contributed by atoms with Gasteiger partial charge in [-0.1, -0.05) is 64.8 Å². The number of alkyl carbamates (subject to hydrolysis) is 1. The number of hydrogen-bond donors (Lipinski definition) is 4. The van der Waals surface area contributed by atoms with Crippen LogP contribution in [-0.2, 0) is 50.0 Å². The summed E-state index contributed by atoms with van der Waals surface area (Å²) in [6, 6.07) is 17.4. The minimum Gasteiger partial charge on any atom is -0.444 e. The molecule has 78 heavy (non-hydrogen) atoms. The zero-order chi connectivity index (χ0) is 56.9. The van der Waals surface area contributed by atoms with E-state index in [0.717, 1.165) is 114 Å². The van der Waals surface area contributed by atoms with Gasteiger partial charge >= 0.3 is 6.09 Å². The number of benzene rings is 3. The normalized spacial score (nSPS) is 17.3. The predicted octanol–water partition coefficient (Wildman–Crippen LogP) is 11.0. The first kappa shape index (κ1) is 61.7. The molecule has 6 rings (SSSR count). The Morgan fingerprint density at radius 1 is 0.705 bits per heavy atom. The third-order valence-electron chi connectivity index (χ3n) is 14.3. The molecule has 2 aliphatic heterocycles. The van der Waals surface area contributed by atoms with Crippen molar-refractivity contribution in [2.75, 3.05) is 70.7 Å². The van der Waals surface area contributed by atoms with Crippen LogP contribution in [0.25, 0.3) is 5.57 Å². The number of nitrogens with one attached hydrogen (secondary N) is 2. The highest BCUT2D eigenvalue weighted by Crippen LogP contribution is 2.49. The molecule has 0 saturated heterocycles. The average Bonchev–Trinajstić information content (AvgIpc) is 3.81. The van der Waals surface area contributed by atoms with Gasteiger partial charge in [0.05, 0.1) is 41.6 Å². The summed E-state index contributed by atoms with van der Waals surface area (Å²) in [6.45, 7) is 23.0. The molecule has 0 bridgehead atoms. The molecular weight excluding hydrogens is 1030 g/mol. The van der Waals surface area contributed by atoms with Gasteiger partial charge in [0, 0.05) is 79.3 Å². The van der Waals surface area contributed by atoms with E-state index in [9.17, 15) is 35.5 Å². The molecule has 0 saturated carbocycles. The molecule has 3 aromatic carbocycles. The Labute approximate surface area is 463 Å². The standard InChI is InChI=1S/C60H82N4O12S2/c1-10-12-33-63-51-27-25-47(77(67,68)69)41-49(51)59(6,7)53(63)29-23-43-17-14-18-44(24-30-54-60(8,9)50-42-48(78(70,71)72)26-28-52(50)64(54)34-13-11-2)55(43)45-19-21-46(22-20-45)56(65)61-31-15-35-73-37-39-75-40-38-74-36-16-32-62-57(66)76-58(3,4)5/h19-30,41-42H,10-18,31-40H2,1-9H3,(H3-,61,62,65,66,67,68,69,70,71,72)/p+1. The van der Waals surface area contributed by atoms with Gasteiger partial charge in [0.2, 0.25) is 5.69 Å². The van der Waals surface area contributed by atoms with Gasteiger partial charge in [0.1, 0.15) is 12.1 Å². The lowest BCUT2D eigenvalue weighted by atomic mass is 9.79. The first-order valence-electron chi connectivity index (χ1n) is 27.5. The fraction of sp³-hybridized carbons (Fsp3) is 0.517. The minimum atomic E-state index is -4.43. The summed E-state index contributed by atoms with van der Waals surface area (Å²) in [5.74, 6) is -0.195. The van der Waals surface area contributed by atoms with E-state index in [2.05, 4.69) is 86.0 Å². The zero-order valence-electron chi connectivity index (χ0n) is 47.2. The first-order chi connectivity index (χ1) is 36.9.